The predicted octanol–water partition coefficient (Wildman–Crippen LogP) is 3.05. The van der Waals surface area contributed by atoms with Crippen molar-refractivity contribution in [2.45, 2.75) is 57.9 Å². The number of pyridine rings is 1. The van der Waals surface area contributed by atoms with Gasteiger partial charge in [-0.15, -0.1) is 0 Å². The summed E-state index contributed by atoms with van der Waals surface area (Å²) in [5, 5.41) is 7.60. The van der Waals surface area contributed by atoms with Crippen molar-refractivity contribution < 1.29 is 9.59 Å². The Labute approximate surface area is 182 Å². The highest BCUT2D eigenvalue weighted by Crippen LogP contribution is 2.76. The van der Waals surface area contributed by atoms with Gasteiger partial charge in [-0.25, -0.2) is 4.52 Å². The van der Waals surface area contributed by atoms with Crippen LogP contribution in [0.5, 0.6) is 0 Å². The van der Waals surface area contributed by atoms with Crippen LogP contribution in [-0.4, -0.2) is 45.5 Å². The van der Waals surface area contributed by atoms with Gasteiger partial charge in [0.15, 0.2) is 5.69 Å². The van der Waals surface area contributed by atoms with Gasteiger partial charge in [0, 0.05) is 31.7 Å². The van der Waals surface area contributed by atoms with Crippen molar-refractivity contribution in [3.05, 3.63) is 30.1 Å². The first-order valence-electron chi connectivity index (χ1n) is 11.7. The second kappa shape index (κ2) is 6.55. The van der Waals surface area contributed by atoms with Crippen LogP contribution in [0, 0.1) is 22.7 Å². The molecule has 3 aliphatic carbocycles. The molecule has 4 fully saturated rings. The van der Waals surface area contributed by atoms with Crippen molar-refractivity contribution in [2.24, 2.45) is 28.4 Å². The van der Waals surface area contributed by atoms with Gasteiger partial charge in [-0.2, -0.15) is 5.10 Å². The third-order valence-electron chi connectivity index (χ3n) is 8.34. The summed E-state index contributed by atoms with van der Waals surface area (Å²) in [6.45, 7) is 3.59. The van der Waals surface area contributed by atoms with Crippen LogP contribution in [0.4, 0.5) is 5.69 Å². The van der Waals surface area contributed by atoms with Crippen LogP contribution in [0.3, 0.4) is 0 Å². The maximum absolute atomic E-state index is 13.1. The van der Waals surface area contributed by atoms with Crippen LogP contribution in [-0.2, 0) is 4.79 Å². The molecule has 0 radical (unpaired) electrons. The number of anilines is 1. The normalized spacial score (nSPS) is 35.9. The lowest BCUT2D eigenvalue weighted by molar-refractivity contribution is -0.119. The Kier molecular flexibility index (Phi) is 4.07. The number of nitrogens with zero attached hydrogens (tertiary/aromatic N) is 3. The standard InChI is InChI=1S/C24H31N5O2/c1-15-8-23(10-16-11-24(16,9-15)14-23)12-21(30)26-18-3-2-5-29-20(18)7-19(27-29)22(31)28-6-4-17(25)13-28/h2-3,5,7,15-17H,4,6,8-14,25H2,1H3,(H,26,30)/t15?,16?,17-,23?,24?/m1/s1. The van der Waals surface area contributed by atoms with E-state index in [4.69, 9.17) is 5.73 Å². The Bertz CT molecular complexity index is 1080. The molecule has 2 aromatic heterocycles. The maximum atomic E-state index is 13.1. The summed E-state index contributed by atoms with van der Waals surface area (Å²) in [6.07, 6.45) is 9.60. The summed E-state index contributed by atoms with van der Waals surface area (Å²) < 4.78 is 1.68. The number of hydrogen-bond acceptors (Lipinski definition) is 4. The van der Waals surface area contributed by atoms with Crippen LogP contribution >= 0.6 is 0 Å². The third kappa shape index (κ3) is 3.16. The highest BCUT2D eigenvalue weighted by molar-refractivity contribution is 5.98. The van der Waals surface area contributed by atoms with Crippen LogP contribution in [0.1, 0.15) is 62.4 Å². The van der Waals surface area contributed by atoms with E-state index in [0.717, 1.165) is 29.5 Å². The zero-order valence-electron chi connectivity index (χ0n) is 18.1. The molecule has 0 aromatic carbocycles. The van der Waals surface area contributed by atoms with E-state index in [1.807, 2.05) is 18.3 Å². The molecule has 31 heavy (non-hydrogen) atoms. The molecule has 1 saturated heterocycles. The summed E-state index contributed by atoms with van der Waals surface area (Å²) in [4.78, 5) is 27.7. The van der Waals surface area contributed by atoms with E-state index in [1.54, 1.807) is 15.5 Å². The number of hydrogen-bond donors (Lipinski definition) is 2. The van der Waals surface area contributed by atoms with Crippen molar-refractivity contribution in [2.75, 3.05) is 18.4 Å². The van der Waals surface area contributed by atoms with Crippen molar-refractivity contribution in [3.8, 4) is 0 Å². The Morgan fingerprint density at radius 2 is 2.16 bits per heavy atom. The van der Waals surface area contributed by atoms with Gasteiger partial charge in [0.2, 0.25) is 5.91 Å². The number of carbonyl (C=O) groups is 2. The van der Waals surface area contributed by atoms with Gasteiger partial charge in [-0.3, -0.25) is 9.59 Å². The van der Waals surface area contributed by atoms with E-state index in [9.17, 15) is 9.59 Å². The first-order valence-corrected chi connectivity index (χ1v) is 11.7. The molecule has 7 nitrogen and oxygen atoms in total. The van der Waals surface area contributed by atoms with E-state index in [2.05, 4.69) is 17.3 Å². The van der Waals surface area contributed by atoms with E-state index >= 15 is 0 Å². The summed E-state index contributed by atoms with van der Waals surface area (Å²) in [6, 6.07) is 5.57. The lowest BCUT2D eigenvalue weighted by atomic mass is 9.66. The first-order chi connectivity index (χ1) is 14.8. The van der Waals surface area contributed by atoms with Crippen molar-refractivity contribution in [1.82, 2.24) is 14.5 Å². The molecule has 4 aliphatic rings. The molecule has 1 spiro atoms. The lowest BCUT2D eigenvalue weighted by Crippen LogP contribution is -2.33. The van der Waals surface area contributed by atoms with Crippen molar-refractivity contribution >= 4 is 23.0 Å². The Hall–Kier alpha value is -2.41. The van der Waals surface area contributed by atoms with E-state index in [0.29, 0.717) is 30.6 Å². The zero-order valence-corrected chi connectivity index (χ0v) is 18.1. The highest BCUT2D eigenvalue weighted by atomic mass is 16.2. The van der Waals surface area contributed by atoms with Crippen molar-refractivity contribution in [3.63, 3.8) is 0 Å². The predicted molar refractivity (Wildman–Crippen MR) is 118 cm³/mol. The van der Waals surface area contributed by atoms with Gasteiger partial charge >= 0.3 is 0 Å². The van der Waals surface area contributed by atoms with Gasteiger partial charge in [-0.05, 0) is 79.4 Å². The molecule has 2 aromatic rings. The SMILES string of the molecule is CC1CC2(CC(=O)Nc3cccn4nc(C(=O)N5CC[C@@H](N)C5)cc34)CC3CC3(C1)C2. The average molecular weight is 422 g/mol. The van der Waals surface area contributed by atoms with Gasteiger partial charge in [0.25, 0.3) is 5.91 Å². The summed E-state index contributed by atoms with van der Waals surface area (Å²) in [5.74, 6) is 1.56. The van der Waals surface area contributed by atoms with Gasteiger partial charge < -0.3 is 16.0 Å². The van der Waals surface area contributed by atoms with E-state index in [1.165, 1.54) is 32.1 Å². The molecule has 3 heterocycles. The number of carbonyl (C=O) groups excluding carboxylic acids is 2. The second-order valence-electron chi connectivity index (χ2n) is 11.0. The molecular weight excluding hydrogens is 390 g/mol. The van der Waals surface area contributed by atoms with E-state index in [-0.39, 0.29) is 23.3 Å². The number of aromatic nitrogens is 2. The minimum absolute atomic E-state index is 0.0403. The molecule has 4 unspecified atom stereocenters. The molecule has 6 rings (SSSR count). The van der Waals surface area contributed by atoms with Crippen LogP contribution in [0.25, 0.3) is 5.52 Å². The molecule has 3 N–H and O–H groups in total. The minimum atomic E-state index is -0.0977. The molecule has 5 atom stereocenters. The monoisotopic (exact) mass is 421 g/mol. The van der Waals surface area contributed by atoms with Crippen LogP contribution in [0.15, 0.2) is 24.4 Å². The Morgan fingerprint density at radius 1 is 1.29 bits per heavy atom. The number of nitrogens with one attached hydrogen (secondary N) is 1. The second-order valence-corrected chi connectivity index (χ2v) is 11.0. The molecule has 7 heteroatoms. The lowest BCUT2D eigenvalue weighted by Gasteiger charge is -2.39. The minimum Gasteiger partial charge on any atom is -0.336 e. The average Bonchev–Trinajstić information content (AvgIpc) is 3.09. The molecule has 2 bridgehead atoms. The summed E-state index contributed by atoms with van der Waals surface area (Å²) in [5.41, 5.74) is 8.57. The highest BCUT2D eigenvalue weighted by Gasteiger charge is 2.67. The molecule has 3 saturated carbocycles. The quantitative estimate of drug-likeness (QED) is 0.794. The maximum Gasteiger partial charge on any atom is 0.274 e. The fourth-order valence-corrected chi connectivity index (χ4v) is 7.36. The smallest absolute Gasteiger partial charge is 0.274 e. The largest absolute Gasteiger partial charge is 0.336 e. The Morgan fingerprint density at radius 3 is 2.97 bits per heavy atom. The summed E-state index contributed by atoms with van der Waals surface area (Å²) >= 11 is 0. The van der Waals surface area contributed by atoms with Crippen LogP contribution < -0.4 is 11.1 Å². The van der Waals surface area contributed by atoms with E-state index < -0.39 is 0 Å². The molecule has 1 aliphatic heterocycles. The molecule has 164 valence electrons. The topological polar surface area (TPSA) is 92.7 Å². The van der Waals surface area contributed by atoms with Gasteiger partial charge in [0.05, 0.1) is 11.2 Å². The van der Waals surface area contributed by atoms with Crippen LogP contribution in [0.2, 0.25) is 0 Å². The molecule has 2 amide bonds. The number of amides is 2. The first kappa shape index (κ1) is 19.3. The fourth-order valence-electron chi connectivity index (χ4n) is 7.36. The molecular formula is C24H31N5O2. The number of rotatable bonds is 4. The number of nitrogens with two attached hydrogens (primary N) is 1. The summed E-state index contributed by atoms with van der Waals surface area (Å²) in [7, 11) is 0. The third-order valence-corrected chi connectivity index (χ3v) is 8.34. The van der Waals surface area contributed by atoms with Crippen molar-refractivity contribution in [1.29, 1.82) is 0 Å². The Balaban J connectivity index is 1.20. The number of fused-ring (bicyclic) bond motifs is 2. The van der Waals surface area contributed by atoms with Gasteiger partial charge in [0.1, 0.15) is 0 Å². The van der Waals surface area contributed by atoms with Gasteiger partial charge in [-0.1, -0.05) is 6.92 Å². The zero-order chi connectivity index (χ0) is 21.4. The number of likely N-dealkylation sites (tertiary alicyclic amines) is 1. The fraction of sp³-hybridized carbons (Fsp3) is 0.625.